The van der Waals surface area contributed by atoms with Gasteiger partial charge < -0.3 is 4.98 Å². The molecule has 0 atom stereocenters. The summed E-state index contributed by atoms with van der Waals surface area (Å²) < 4.78 is 4.59. The summed E-state index contributed by atoms with van der Waals surface area (Å²) in [6.07, 6.45) is 1.86. The molecular weight excluding hydrogens is 623 g/mol. The molecule has 0 amide bonds. The molecule has 0 fully saturated rings. The van der Waals surface area contributed by atoms with Gasteiger partial charge in [0.05, 0.1) is 27.6 Å². The molecule has 0 bridgehead atoms. The number of imidazole rings is 1. The van der Waals surface area contributed by atoms with Crippen LogP contribution in [0.4, 0.5) is 0 Å². The van der Waals surface area contributed by atoms with Gasteiger partial charge in [-0.15, -0.1) is 0 Å². The summed E-state index contributed by atoms with van der Waals surface area (Å²) in [6.45, 7) is 8.89. The van der Waals surface area contributed by atoms with Crippen molar-refractivity contribution in [1.29, 1.82) is 0 Å². The molecule has 0 spiro atoms. The van der Waals surface area contributed by atoms with Crippen molar-refractivity contribution < 1.29 is 0 Å². The first-order valence-corrected chi connectivity index (χ1v) is 17.5. The van der Waals surface area contributed by atoms with Crippen LogP contribution < -0.4 is 0 Å². The predicted molar refractivity (Wildman–Crippen MR) is 212 cm³/mol. The number of fused-ring (bicyclic) bond motifs is 7. The van der Waals surface area contributed by atoms with Crippen LogP contribution >= 0.6 is 0 Å². The third-order valence-corrected chi connectivity index (χ3v) is 10.9. The Balaban J connectivity index is 1.27. The molecule has 4 aromatic heterocycles. The SMILES string of the molecule is Cc1cc2[nH]c3c(-c4nc5c(-c6ccc7c8ccccc8n(-c8ccccn8)c7c6)cccc5n4-c4ccccc4)ccc(C)c3c2c(C)c1C. The Morgan fingerprint density at radius 3 is 2.18 bits per heavy atom. The lowest BCUT2D eigenvalue weighted by atomic mass is 9.96. The first-order chi connectivity index (χ1) is 25.0. The normalized spacial score (nSPS) is 11.9. The number of para-hydroxylation sites is 3. The van der Waals surface area contributed by atoms with Crippen LogP contribution in [-0.2, 0) is 0 Å². The fourth-order valence-electron chi connectivity index (χ4n) is 8.21. The monoisotopic (exact) mass is 657 g/mol. The van der Waals surface area contributed by atoms with Crippen molar-refractivity contribution in [1.82, 2.24) is 24.1 Å². The molecule has 0 aliphatic heterocycles. The number of aromatic amines is 1. The minimum absolute atomic E-state index is 0.900. The fraction of sp³-hybridized carbons (Fsp3) is 0.0870. The van der Waals surface area contributed by atoms with Gasteiger partial charge in [-0.25, -0.2) is 9.97 Å². The lowest BCUT2D eigenvalue weighted by molar-refractivity contribution is 1.08. The van der Waals surface area contributed by atoms with Gasteiger partial charge in [0.2, 0.25) is 0 Å². The van der Waals surface area contributed by atoms with Gasteiger partial charge in [-0.05, 0) is 110 Å². The van der Waals surface area contributed by atoms with Crippen molar-refractivity contribution >= 4 is 54.6 Å². The van der Waals surface area contributed by atoms with E-state index in [0.29, 0.717) is 0 Å². The van der Waals surface area contributed by atoms with Crippen LogP contribution in [0.25, 0.3) is 88.7 Å². The second kappa shape index (κ2) is 11.0. The zero-order valence-electron chi connectivity index (χ0n) is 29.0. The Hall–Kier alpha value is -6.46. The van der Waals surface area contributed by atoms with E-state index in [1.54, 1.807) is 0 Å². The first kappa shape index (κ1) is 29.5. The van der Waals surface area contributed by atoms with Crippen LogP contribution in [0.15, 0.2) is 134 Å². The Kier molecular flexibility index (Phi) is 6.37. The second-order valence-corrected chi connectivity index (χ2v) is 13.7. The van der Waals surface area contributed by atoms with Gasteiger partial charge in [0, 0.05) is 50.1 Å². The lowest BCUT2D eigenvalue weighted by Gasteiger charge is -2.12. The van der Waals surface area contributed by atoms with Crippen molar-refractivity contribution in [3.63, 3.8) is 0 Å². The van der Waals surface area contributed by atoms with Crippen LogP contribution in [0.5, 0.6) is 0 Å². The molecule has 0 aliphatic rings. The number of nitrogens with zero attached hydrogens (tertiary/aromatic N) is 4. The average Bonchev–Trinajstić information content (AvgIpc) is 3.85. The number of hydrogen-bond donors (Lipinski definition) is 1. The number of aromatic nitrogens is 5. The van der Waals surface area contributed by atoms with E-state index < -0.39 is 0 Å². The molecule has 10 rings (SSSR count). The topological polar surface area (TPSA) is 51.4 Å². The fourth-order valence-corrected chi connectivity index (χ4v) is 8.21. The van der Waals surface area contributed by atoms with E-state index in [9.17, 15) is 0 Å². The molecule has 0 radical (unpaired) electrons. The summed E-state index contributed by atoms with van der Waals surface area (Å²) in [6, 6.07) is 45.4. The van der Waals surface area contributed by atoms with Gasteiger partial charge in [-0.2, -0.15) is 0 Å². The summed E-state index contributed by atoms with van der Waals surface area (Å²) in [5, 5.41) is 4.97. The molecule has 6 aromatic carbocycles. The van der Waals surface area contributed by atoms with Gasteiger partial charge in [0.25, 0.3) is 0 Å². The van der Waals surface area contributed by atoms with Crippen molar-refractivity contribution in [2.24, 2.45) is 0 Å². The molecule has 0 saturated heterocycles. The number of H-pyrrole nitrogens is 1. The minimum atomic E-state index is 0.900. The highest BCUT2D eigenvalue weighted by Gasteiger charge is 2.23. The van der Waals surface area contributed by atoms with E-state index in [1.165, 1.54) is 49.3 Å². The van der Waals surface area contributed by atoms with Crippen molar-refractivity contribution in [2.45, 2.75) is 27.7 Å². The smallest absolute Gasteiger partial charge is 0.147 e. The first-order valence-electron chi connectivity index (χ1n) is 17.5. The van der Waals surface area contributed by atoms with Gasteiger partial charge in [0.1, 0.15) is 11.6 Å². The second-order valence-electron chi connectivity index (χ2n) is 13.7. The van der Waals surface area contributed by atoms with Crippen molar-refractivity contribution in [2.75, 3.05) is 0 Å². The molecule has 0 unspecified atom stereocenters. The molecule has 244 valence electrons. The van der Waals surface area contributed by atoms with Crippen molar-refractivity contribution in [3.05, 3.63) is 156 Å². The minimum Gasteiger partial charge on any atom is -0.354 e. The number of aryl methyl sites for hydroxylation is 3. The van der Waals surface area contributed by atoms with Crippen LogP contribution in [0.3, 0.4) is 0 Å². The van der Waals surface area contributed by atoms with Crippen LogP contribution in [0, 0.1) is 27.7 Å². The zero-order chi connectivity index (χ0) is 34.4. The Morgan fingerprint density at radius 2 is 1.33 bits per heavy atom. The summed E-state index contributed by atoms with van der Waals surface area (Å²) in [4.78, 5) is 14.2. The number of rotatable bonds is 4. The van der Waals surface area contributed by atoms with Gasteiger partial charge in [-0.3, -0.25) is 9.13 Å². The maximum atomic E-state index is 5.57. The lowest BCUT2D eigenvalue weighted by Crippen LogP contribution is -1.98. The number of hydrogen-bond acceptors (Lipinski definition) is 2. The number of nitrogens with one attached hydrogen (secondary N) is 1. The summed E-state index contributed by atoms with van der Waals surface area (Å²) in [5.74, 6) is 1.81. The quantitative estimate of drug-likeness (QED) is 0.205. The van der Waals surface area contributed by atoms with E-state index in [0.717, 1.165) is 61.6 Å². The highest BCUT2D eigenvalue weighted by molar-refractivity contribution is 6.15. The molecule has 51 heavy (non-hydrogen) atoms. The molecule has 10 aromatic rings. The molecule has 1 N–H and O–H groups in total. The largest absolute Gasteiger partial charge is 0.354 e. The predicted octanol–water partition coefficient (Wildman–Crippen LogP) is 11.7. The summed E-state index contributed by atoms with van der Waals surface area (Å²) in [7, 11) is 0. The van der Waals surface area contributed by atoms with E-state index >= 15 is 0 Å². The van der Waals surface area contributed by atoms with Crippen LogP contribution in [-0.4, -0.2) is 24.1 Å². The van der Waals surface area contributed by atoms with E-state index in [4.69, 9.17) is 9.97 Å². The van der Waals surface area contributed by atoms with E-state index in [1.807, 2.05) is 18.3 Å². The molecule has 5 nitrogen and oxygen atoms in total. The summed E-state index contributed by atoms with van der Waals surface area (Å²) in [5.41, 5.74) is 16.1. The third kappa shape index (κ3) is 4.28. The van der Waals surface area contributed by atoms with Crippen LogP contribution in [0.1, 0.15) is 22.3 Å². The highest BCUT2D eigenvalue weighted by atomic mass is 15.1. The number of benzene rings is 6. The average molecular weight is 658 g/mol. The van der Waals surface area contributed by atoms with Gasteiger partial charge in [-0.1, -0.05) is 72.8 Å². The maximum absolute atomic E-state index is 5.57. The highest BCUT2D eigenvalue weighted by Crippen LogP contribution is 2.42. The maximum Gasteiger partial charge on any atom is 0.147 e. The standard InChI is InChI=1S/C46H35N5/c1-27-20-22-36(45-42(27)43-30(4)29(3)28(2)25-37(43)48-45)46-49-44-33(16-12-18-39(44)50(46)32-13-6-5-7-14-32)31-21-23-35-34-15-8-9-17-38(34)51(40(35)26-31)41-19-10-11-24-47-41/h5-26,48H,1-4H3. The molecule has 0 saturated carbocycles. The summed E-state index contributed by atoms with van der Waals surface area (Å²) >= 11 is 0. The molecular formula is C46H35N5. The third-order valence-electron chi connectivity index (χ3n) is 10.9. The number of pyridine rings is 1. The molecule has 5 heteroatoms. The van der Waals surface area contributed by atoms with Crippen LogP contribution in [0.2, 0.25) is 0 Å². The zero-order valence-corrected chi connectivity index (χ0v) is 29.0. The Labute approximate surface area is 295 Å². The van der Waals surface area contributed by atoms with Gasteiger partial charge >= 0.3 is 0 Å². The van der Waals surface area contributed by atoms with E-state index in [-0.39, 0.29) is 0 Å². The Bertz CT molecular complexity index is 3000. The molecule has 0 aliphatic carbocycles. The van der Waals surface area contributed by atoms with Crippen molar-refractivity contribution in [3.8, 4) is 34.0 Å². The van der Waals surface area contributed by atoms with Gasteiger partial charge in [0.15, 0.2) is 0 Å². The van der Waals surface area contributed by atoms with E-state index in [2.05, 4.69) is 157 Å². The Morgan fingerprint density at radius 1 is 0.549 bits per heavy atom. The molecule has 4 heterocycles.